The molecule has 0 heterocycles. The number of rotatable bonds is 1. The van der Waals surface area contributed by atoms with E-state index in [1.54, 1.807) is 0 Å². The van der Waals surface area contributed by atoms with E-state index in [1.807, 2.05) is 0 Å². The van der Waals surface area contributed by atoms with Crippen molar-refractivity contribution < 1.29 is 39.5 Å². The minimum Gasteiger partial charge on any atom is -0.548 e. The maximum absolute atomic E-state index is 9.78. The van der Waals surface area contributed by atoms with Crippen molar-refractivity contribution >= 4 is 5.97 Å². The fourth-order valence-electron chi connectivity index (χ4n) is 0. The Morgan fingerprint density at radius 2 is 1.75 bits per heavy atom. The van der Waals surface area contributed by atoms with E-state index in [0.717, 1.165) is 0 Å². The summed E-state index contributed by atoms with van der Waals surface area (Å²) >= 11 is 0. The number of carbonyl (C=O) groups excluding carboxylic acids is 1. The van der Waals surface area contributed by atoms with Crippen LogP contribution in [0, 0.1) is 0 Å². The molecule has 0 rings (SSSR count). The third-order valence-corrected chi connectivity index (χ3v) is 0.526. The van der Waals surface area contributed by atoms with Gasteiger partial charge in [0.15, 0.2) is 0 Å². The molecule has 4 heteroatoms. The summed E-state index contributed by atoms with van der Waals surface area (Å²) in [6, 6.07) is 0. The van der Waals surface area contributed by atoms with E-state index in [2.05, 4.69) is 0 Å². The summed E-state index contributed by atoms with van der Waals surface area (Å²) in [7, 11) is 0. The van der Waals surface area contributed by atoms with Gasteiger partial charge in [0.2, 0.25) is 0 Å². The Morgan fingerprint density at radius 1 is 1.62 bits per heavy atom. The van der Waals surface area contributed by atoms with Crippen molar-refractivity contribution in [3.8, 4) is 0 Å². The molecule has 0 amide bonds. The minimum atomic E-state index is -1.23. The summed E-state index contributed by atoms with van der Waals surface area (Å²) in [5, 5.41) is 9.78. The summed E-state index contributed by atoms with van der Waals surface area (Å²) < 4.78 is 0. The van der Waals surface area contributed by atoms with Gasteiger partial charge in [-0.1, -0.05) is 0 Å². The van der Waals surface area contributed by atoms with Gasteiger partial charge in [-0.25, -0.2) is 0 Å². The second kappa shape index (κ2) is 3.45. The molecular weight excluding hydrogens is 117 g/mol. The van der Waals surface area contributed by atoms with Gasteiger partial charge in [0, 0.05) is 5.54 Å². The van der Waals surface area contributed by atoms with Gasteiger partial charge < -0.3 is 15.6 Å². The fourth-order valence-corrected chi connectivity index (χ4v) is 0. The second-order valence-electron chi connectivity index (χ2n) is 2.01. The van der Waals surface area contributed by atoms with Crippen LogP contribution in [0.25, 0.3) is 0 Å². The Bertz CT molecular complexity index is 86.5. The molecule has 0 aliphatic rings. The monoisotopic (exact) mass is 125 g/mol. The average Bonchev–Trinajstić information content (AvgIpc) is 1.31. The van der Waals surface area contributed by atoms with Crippen LogP contribution in [0.15, 0.2) is 0 Å². The van der Waals surface area contributed by atoms with Crippen molar-refractivity contribution in [2.75, 3.05) is 0 Å². The van der Waals surface area contributed by atoms with Gasteiger partial charge in [0.1, 0.15) is 0 Å². The Morgan fingerprint density at radius 3 is 1.75 bits per heavy atom. The summed E-state index contributed by atoms with van der Waals surface area (Å²) in [5.74, 6) is -1.23. The van der Waals surface area contributed by atoms with E-state index in [0.29, 0.717) is 0 Å². The van der Waals surface area contributed by atoms with E-state index in [9.17, 15) is 9.90 Å². The van der Waals surface area contributed by atoms with Gasteiger partial charge in [-0.2, -0.15) is 0 Å². The van der Waals surface area contributed by atoms with Crippen LogP contribution in [0.4, 0.5) is 0 Å². The van der Waals surface area contributed by atoms with Gasteiger partial charge >= 0.3 is 29.6 Å². The third kappa shape index (κ3) is 4.59. The topological polar surface area (TPSA) is 66.2 Å². The minimum absolute atomic E-state index is 0. The standard InChI is InChI=1S/C4H9NO2.Na/c1-4(2,5)3(6)7;/h5H2,1-2H3,(H,6,7);/q;+1/p-1. The maximum Gasteiger partial charge on any atom is 1.00 e. The molecule has 0 radical (unpaired) electrons. The van der Waals surface area contributed by atoms with Gasteiger partial charge in [-0.15, -0.1) is 0 Å². The molecule has 3 nitrogen and oxygen atoms in total. The van der Waals surface area contributed by atoms with Crippen LogP contribution in [-0.4, -0.2) is 11.5 Å². The predicted octanol–water partition coefficient (Wildman–Crippen LogP) is -4.52. The fraction of sp³-hybridized carbons (Fsp3) is 0.750. The first-order chi connectivity index (χ1) is 2.94. The number of hydrogen-bond acceptors (Lipinski definition) is 3. The van der Waals surface area contributed by atoms with Crippen LogP contribution < -0.4 is 40.4 Å². The SMILES string of the molecule is CC(C)(N)C(=O)[O-].[Na+]. The average molecular weight is 125 g/mol. The van der Waals surface area contributed by atoms with Crippen molar-refractivity contribution in [3.63, 3.8) is 0 Å². The first-order valence-corrected chi connectivity index (χ1v) is 1.95. The van der Waals surface area contributed by atoms with Crippen LogP contribution in [0.5, 0.6) is 0 Å². The smallest absolute Gasteiger partial charge is 0.548 e. The van der Waals surface area contributed by atoms with Crippen LogP contribution in [0.3, 0.4) is 0 Å². The zero-order valence-electron chi connectivity index (χ0n) is 5.39. The molecule has 0 saturated carbocycles. The Labute approximate surface area is 70.5 Å². The van der Waals surface area contributed by atoms with E-state index < -0.39 is 11.5 Å². The van der Waals surface area contributed by atoms with Crippen molar-refractivity contribution in [2.24, 2.45) is 5.73 Å². The van der Waals surface area contributed by atoms with E-state index in [4.69, 9.17) is 5.73 Å². The van der Waals surface area contributed by atoms with Crippen molar-refractivity contribution in [1.82, 2.24) is 0 Å². The second-order valence-corrected chi connectivity index (χ2v) is 2.01. The molecular formula is C4H8NNaO2. The number of carboxylic acid groups (broad SMARTS) is 1. The molecule has 0 aliphatic carbocycles. The summed E-state index contributed by atoms with van der Waals surface area (Å²) in [4.78, 5) is 9.78. The molecule has 0 fully saturated rings. The summed E-state index contributed by atoms with van der Waals surface area (Å²) in [5.41, 5.74) is 3.82. The molecule has 0 aromatic rings. The zero-order valence-corrected chi connectivity index (χ0v) is 7.39. The number of carbonyl (C=O) groups is 1. The first-order valence-electron chi connectivity index (χ1n) is 1.95. The molecule has 0 aliphatic heterocycles. The maximum atomic E-state index is 9.78. The largest absolute Gasteiger partial charge is 1.00 e. The quantitative estimate of drug-likeness (QED) is 0.359. The first kappa shape index (κ1) is 11.3. The van der Waals surface area contributed by atoms with E-state index in [-0.39, 0.29) is 29.6 Å². The van der Waals surface area contributed by atoms with Crippen LogP contribution in [-0.2, 0) is 4.79 Å². The van der Waals surface area contributed by atoms with Crippen LogP contribution >= 0.6 is 0 Å². The number of nitrogens with two attached hydrogens (primary N) is 1. The molecule has 8 heavy (non-hydrogen) atoms. The number of aliphatic carboxylic acids is 1. The zero-order chi connectivity index (χ0) is 6.08. The van der Waals surface area contributed by atoms with Crippen molar-refractivity contribution in [1.29, 1.82) is 0 Å². The molecule has 42 valence electrons. The predicted molar refractivity (Wildman–Crippen MR) is 23.3 cm³/mol. The van der Waals surface area contributed by atoms with Gasteiger partial charge in [-0.3, -0.25) is 0 Å². The van der Waals surface area contributed by atoms with Gasteiger partial charge in [-0.05, 0) is 13.8 Å². The number of carboxylic acids is 1. The third-order valence-electron chi connectivity index (χ3n) is 0.526. The van der Waals surface area contributed by atoms with Gasteiger partial charge in [0.05, 0.1) is 5.97 Å². The molecule has 0 aromatic carbocycles. The van der Waals surface area contributed by atoms with Crippen molar-refractivity contribution in [2.45, 2.75) is 19.4 Å². The molecule has 0 unspecified atom stereocenters. The normalized spacial score (nSPS) is 9.88. The van der Waals surface area contributed by atoms with E-state index >= 15 is 0 Å². The Kier molecular flexibility index (Phi) is 4.86. The molecule has 0 aromatic heterocycles. The molecule has 2 N–H and O–H groups in total. The van der Waals surface area contributed by atoms with Crippen molar-refractivity contribution in [3.05, 3.63) is 0 Å². The molecule has 0 bridgehead atoms. The van der Waals surface area contributed by atoms with Crippen LogP contribution in [0.1, 0.15) is 13.8 Å². The van der Waals surface area contributed by atoms with Gasteiger partial charge in [0.25, 0.3) is 0 Å². The molecule has 0 saturated heterocycles. The number of hydrogen-bond donors (Lipinski definition) is 1. The molecule has 0 spiro atoms. The summed E-state index contributed by atoms with van der Waals surface area (Å²) in [6.07, 6.45) is 0. The molecule has 0 atom stereocenters. The Hall–Kier alpha value is 0.430. The summed E-state index contributed by atoms with van der Waals surface area (Å²) in [6.45, 7) is 2.75. The van der Waals surface area contributed by atoms with E-state index in [1.165, 1.54) is 13.8 Å². The van der Waals surface area contributed by atoms with Crippen LogP contribution in [0.2, 0.25) is 0 Å². The Balaban J connectivity index is 0.